The number of hydrogen-bond donors (Lipinski definition) is 1. The lowest BCUT2D eigenvalue weighted by Crippen LogP contribution is -2.36. The molecule has 1 N–H and O–H groups in total. The summed E-state index contributed by atoms with van der Waals surface area (Å²) in [5, 5.41) is 7.79. The smallest absolute Gasteiger partial charge is 0.255 e. The van der Waals surface area contributed by atoms with E-state index in [-0.39, 0.29) is 18.1 Å². The standard InChI is InChI=1S/C26H24N4O3/c1-26(2,19-10-11-22-23(13-19)33-17-32-22)16-28-25(31)21-15-30(20-8-4-3-5-9-20)29-24(21)18-7-6-12-27-14-18/h3-15H,16-17H2,1-2H3,(H,28,31). The van der Waals surface area contributed by atoms with Crippen LogP contribution in [-0.4, -0.2) is 34.0 Å². The normalized spacial score (nSPS) is 12.5. The van der Waals surface area contributed by atoms with Crippen LogP contribution < -0.4 is 14.8 Å². The van der Waals surface area contributed by atoms with Crippen LogP contribution >= 0.6 is 0 Å². The van der Waals surface area contributed by atoms with Gasteiger partial charge in [0, 0.05) is 36.1 Å². The first-order chi connectivity index (χ1) is 16.0. The Hall–Kier alpha value is -4.13. The van der Waals surface area contributed by atoms with Gasteiger partial charge in [-0.1, -0.05) is 38.1 Å². The quantitative estimate of drug-likeness (QED) is 0.482. The topological polar surface area (TPSA) is 78.3 Å². The van der Waals surface area contributed by atoms with Gasteiger partial charge in [-0.25, -0.2) is 4.68 Å². The largest absolute Gasteiger partial charge is 0.454 e. The Bertz CT molecular complexity index is 1280. The zero-order valence-electron chi connectivity index (χ0n) is 18.5. The number of carbonyl (C=O) groups excluding carboxylic acids is 1. The molecule has 4 aromatic rings. The number of para-hydroxylation sites is 1. The number of benzene rings is 2. The predicted octanol–water partition coefficient (Wildman–Crippen LogP) is 4.37. The lowest BCUT2D eigenvalue weighted by molar-refractivity contribution is 0.0946. The highest BCUT2D eigenvalue weighted by Crippen LogP contribution is 2.36. The number of nitrogens with one attached hydrogen (secondary N) is 1. The molecule has 0 unspecified atom stereocenters. The summed E-state index contributed by atoms with van der Waals surface area (Å²) in [6.45, 7) is 4.84. The van der Waals surface area contributed by atoms with Gasteiger partial charge in [-0.2, -0.15) is 5.10 Å². The fraction of sp³-hybridized carbons (Fsp3) is 0.192. The average molecular weight is 441 g/mol. The minimum Gasteiger partial charge on any atom is -0.454 e. The third-order valence-corrected chi connectivity index (χ3v) is 5.76. The van der Waals surface area contributed by atoms with Gasteiger partial charge in [0.25, 0.3) is 5.91 Å². The summed E-state index contributed by atoms with van der Waals surface area (Å²) < 4.78 is 12.6. The number of nitrogens with zero attached hydrogens (tertiary/aromatic N) is 3. The van der Waals surface area contributed by atoms with Crippen molar-refractivity contribution in [3.63, 3.8) is 0 Å². The lowest BCUT2D eigenvalue weighted by atomic mass is 9.84. The van der Waals surface area contributed by atoms with Crippen LogP contribution in [-0.2, 0) is 5.41 Å². The summed E-state index contributed by atoms with van der Waals surface area (Å²) in [6.07, 6.45) is 5.18. The van der Waals surface area contributed by atoms with Crippen molar-refractivity contribution in [2.75, 3.05) is 13.3 Å². The van der Waals surface area contributed by atoms with Gasteiger partial charge in [0.15, 0.2) is 11.5 Å². The maximum atomic E-state index is 13.3. The van der Waals surface area contributed by atoms with E-state index in [1.165, 1.54) is 0 Å². The van der Waals surface area contributed by atoms with Crippen LogP contribution in [0.15, 0.2) is 79.3 Å². The number of pyridine rings is 1. The SMILES string of the molecule is CC(C)(CNC(=O)c1cn(-c2ccccc2)nc1-c1cccnc1)c1ccc2c(c1)OCO2. The van der Waals surface area contributed by atoms with Gasteiger partial charge < -0.3 is 14.8 Å². The molecular formula is C26H24N4O3. The van der Waals surface area contributed by atoms with Crippen LogP contribution in [0.5, 0.6) is 11.5 Å². The van der Waals surface area contributed by atoms with Crippen molar-refractivity contribution >= 4 is 5.91 Å². The number of amides is 1. The van der Waals surface area contributed by atoms with E-state index in [2.05, 4.69) is 24.1 Å². The summed E-state index contributed by atoms with van der Waals surface area (Å²) in [4.78, 5) is 17.5. The molecule has 33 heavy (non-hydrogen) atoms. The first kappa shape index (κ1) is 20.8. The predicted molar refractivity (Wildman–Crippen MR) is 125 cm³/mol. The third-order valence-electron chi connectivity index (χ3n) is 5.76. The molecule has 1 amide bonds. The fourth-order valence-electron chi connectivity index (χ4n) is 3.79. The van der Waals surface area contributed by atoms with E-state index in [0.717, 1.165) is 28.3 Å². The maximum absolute atomic E-state index is 13.3. The number of hydrogen-bond acceptors (Lipinski definition) is 5. The second kappa shape index (κ2) is 8.43. The summed E-state index contributed by atoms with van der Waals surface area (Å²) >= 11 is 0. The lowest BCUT2D eigenvalue weighted by Gasteiger charge is -2.26. The van der Waals surface area contributed by atoms with Crippen LogP contribution in [0.4, 0.5) is 0 Å². The zero-order valence-corrected chi connectivity index (χ0v) is 18.5. The molecule has 1 aliphatic rings. The van der Waals surface area contributed by atoms with E-state index in [1.54, 1.807) is 23.3 Å². The van der Waals surface area contributed by atoms with Crippen molar-refractivity contribution in [3.05, 3.63) is 90.4 Å². The van der Waals surface area contributed by atoms with Gasteiger partial charge in [0.2, 0.25) is 6.79 Å². The number of aromatic nitrogens is 3. The minimum absolute atomic E-state index is 0.190. The van der Waals surface area contributed by atoms with E-state index < -0.39 is 0 Å². The highest BCUT2D eigenvalue weighted by Gasteiger charge is 2.26. The van der Waals surface area contributed by atoms with Gasteiger partial charge in [-0.3, -0.25) is 9.78 Å². The summed E-state index contributed by atoms with van der Waals surface area (Å²) in [7, 11) is 0. The molecule has 7 nitrogen and oxygen atoms in total. The first-order valence-corrected chi connectivity index (χ1v) is 10.8. The van der Waals surface area contributed by atoms with E-state index in [4.69, 9.17) is 14.6 Å². The molecule has 0 aliphatic carbocycles. The molecule has 0 spiro atoms. The van der Waals surface area contributed by atoms with Crippen molar-refractivity contribution in [2.24, 2.45) is 0 Å². The Balaban J connectivity index is 1.41. The van der Waals surface area contributed by atoms with Crippen molar-refractivity contribution < 1.29 is 14.3 Å². The Kier molecular flexibility index (Phi) is 5.30. The molecule has 0 bridgehead atoms. The highest BCUT2D eigenvalue weighted by atomic mass is 16.7. The molecule has 0 radical (unpaired) electrons. The summed E-state index contributed by atoms with van der Waals surface area (Å²) in [5.74, 6) is 1.28. The molecule has 0 fully saturated rings. The van der Waals surface area contributed by atoms with E-state index in [9.17, 15) is 4.79 Å². The molecule has 0 atom stereocenters. The fourth-order valence-corrected chi connectivity index (χ4v) is 3.79. The Morgan fingerprint density at radius 1 is 1.06 bits per heavy atom. The maximum Gasteiger partial charge on any atom is 0.255 e. The molecule has 5 rings (SSSR count). The van der Waals surface area contributed by atoms with Crippen molar-refractivity contribution in [1.29, 1.82) is 0 Å². The van der Waals surface area contributed by atoms with E-state index >= 15 is 0 Å². The number of ether oxygens (including phenoxy) is 2. The Morgan fingerprint density at radius 2 is 1.88 bits per heavy atom. The van der Waals surface area contributed by atoms with Crippen molar-refractivity contribution in [1.82, 2.24) is 20.1 Å². The van der Waals surface area contributed by atoms with Gasteiger partial charge in [0.05, 0.1) is 11.3 Å². The van der Waals surface area contributed by atoms with Crippen LogP contribution in [0.3, 0.4) is 0 Å². The summed E-state index contributed by atoms with van der Waals surface area (Å²) in [6, 6.07) is 19.3. The Morgan fingerprint density at radius 3 is 2.67 bits per heavy atom. The monoisotopic (exact) mass is 440 g/mol. The summed E-state index contributed by atoms with van der Waals surface area (Å²) in [5.41, 5.74) is 3.48. The van der Waals surface area contributed by atoms with Crippen molar-refractivity contribution in [3.8, 4) is 28.4 Å². The molecular weight excluding hydrogens is 416 g/mol. The second-order valence-corrected chi connectivity index (χ2v) is 8.55. The number of fused-ring (bicyclic) bond motifs is 1. The molecule has 7 heteroatoms. The van der Waals surface area contributed by atoms with Crippen molar-refractivity contribution in [2.45, 2.75) is 19.3 Å². The van der Waals surface area contributed by atoms with Gasteiger partial charge in [-0.15, -0.1) is 0 Å². The van der Waals surface area contributed by atoms with Crippen LogP contribution in [0.1, 0.15) is 29.8 Å². The van der Waals surface area contributed by atoms with E-state index in [0.29, 0.717) is 17.8 Å². The van der Waals surface area contributed by atoms with Crippen LogP contribution in [0.2, 0.25) is 0 Å². The molecule has 1 aliphatic heterocycles. The second-order valence-electron chi connectivity index (χ2n) is 8.55. The zero-order chi connectivity index (χ0) is 22.8. The highest BCUT2D eigenvalue weighted by molar-refractivity contribution is 5.99. The number of rotatable bonds is 6. The average Bonchev–Trinajstić information content (AvgIpc) is 3.51. The Labute approximate surface area is 192 Å². The van der Waals surface area contributed by atoms with Crippen LogP contribution in [0.25, 0.3) is 16.9 Å². The molecule has 2 aromatic heterocycles. The third kappa shape index (κ3) is 4.17. The molecule has 0 saturated carbocycles. The molecule has 3 heterocycles. The molecule has 0 saturated heterocycles. The van der Waals surface area contributed by atoms with Gasteiger partial charge >= 0.3 is 0 Å². The van der Waals surface area contributed by atoms with Gasteiger partial charge in [0.1, 0.15) is 5.69 Å². The minimum atomic E-state index is -0.319. The van der Waals surface area contributed by atoms with Gasteiger partial charge in [-0.05, 0) is 42.0 Å². The number of carbonyl (C=O) groups is 1. The first-order valence-electron chi connectivity index (χ1n) is 10.8. The van der Waals surface area contributed by atoms with Crippen LogP contribution in [0, 0.1) is 0 Å². The molecule has 2 aromatic carbocycles. The molecule has 166 valence electrons. The van der Waals surface area contributed by atoms with E-state index in [1.807, 2.05) is 60.7 Å².